The number of rotatable bonds is 7. The third-order valence-electron chi connectivity index (χ3n) is 2.56. The number of aryl methyl sites for hydroxylation is 1. The molecule has 0 aliphatic heterocycles. The summed E-state index contributed by atoms with van der Waals surface area (Å²) < 4.78 is 5.27. The molecule has 0 amide bonds. The lowest BCUT2D eigenvalue weighted by atomic mass is 10.1. The molecule has 0 bridgehead atoms. The summed E-state index contributed by atoms with van der Waals surface area (Å²) >= 11 is 3.55. The Morgan fingerprint density at radius 2 is 2.13 bits per heavy atom. The number of unbranched alkanes of at least 4 members (excludes halogenated alkanes) is 4. The Balaban J connectivity index is 2.31. The van der Waals surface area contributed by atoms with Crippen LogP contribution in [0.1, 0.15) is 39.0 Å². The lowest BCUT2D eigenvalue weighted by Gasteiger charge is -1.98. The van der Waals surface area contributed by atoms with E-state index in [0.29, 0.717) is 0 Å². The van der Waals surface area contributed by atoms with Gasteiger partial charge in [0, 0.05) is 15.9 Å². The fourth-order valence-corrected chi connectivity index (χ4v) is 2.17. The van der Waals surface area contributed by atoms with Crippen molar-refractivity contribution < 1.29 is 4.57 Å². The Morgan fingerprint density at radius 3 is 2.73 bits per heavy atom. The summed E-state index contributed by atoms with van der Waals surface area (Å²) in [5.74, 6) is 0. The lowest BCUT2D eigenvalue weighted by Crippen LogP contribution is -2.24. The smallest absolute Gasteiger partial charge is 0.224 e. The predicted octanol–water partition coefficient (Wildman–Crippen LogP) is 3.61. The molecule has 0 saturated heterocycles. The molecule has 0 radical (unpaired) electrons. The molecule has 2 nitrogen and oxygen atoms in total. The highest BCUT2D eigenvalue weighted by molar-refractivity contribution is 9.10. The second kappa shape index (κ2) is 6.83. The van der Waals surface area contributed by atoms with Gasteiger partial charge in [0.25, 0.3) is 0 Å². The highest BCUT2D eigenvalue weighted by Gasteiger charge is 2.10. The molecule has 1 heterocycles. The van der Waals surface area contributed by atoms with Crippen LogP contribution in [-0.4, -0.2) is 4.57 Å². The third kappa shape index (κ3) is 3.82. The first kappa shape index (κ1) is 12.5. The number of halogens is 1. The van der Waals surface area contributed by atoms with Gasteiger partial charge < -0.3 is 0 Å². The number of imidazole rings is 1. The normalized spacial score (nSPS) is 10.5. The van der Waals surface area contributed by atoms with E-state index in [1.807, 2.05) is 10.8 Å². The summed E-state index contributed by atoms with van der Waals surface area (Å²) in [6, 6.07) is 0. The molecule has 0 atom stereocenters. The van der Waals surface area contributed by atoms with Crippen LogP contribution in [0, 0.1) is 0 Å². The highest BCUT2D eigenvalue weighted by Crippen LogP contribution is 2.09. The molecule has 1 aromatic heterocycles. The van der Waals surface area contributed by atoms with Gasteiger partial charge in [-0.2, -0.15) is 4.57 Å². The van der Waals surface area contributed by atoms with Crippen molar-refractivity contribution in [3.8, 4) is 0 Å². The molecule has 0 unspecified atom stereocenters. The van der Waals surface area contributed by atoms with Crippen LogP contribution in [0.5, 0.6) is 0 Å². The summed E-state index contributed by atoms with van der Waals surface area (Å²) in [5.41, 5.74) is 0. The molecule has 0 N–H and O–H groups in total. The summed E-state index contributed by atoms with van der Waals surface area (Å²) in [6.07, 6.45) is 12.5. The van der Waals surface area contributed by atoms with Gasteiger partial charge in [-0.1, -0.05) is 32.8 Å². The van der Waals surface area contributed by atoms with Crippen molar-refractivity contribution in [2.24, 2.45) is 0 Å². The Morgan fingerprint density at radius 1 is 1.40 bits per heavy atom. The van der Waals surface area contributed by atoms with Crippen molar-refractivity contribution in [3.63, 3.8) is 0 Å². The first-order valence-corrected chi connectivity index (χ1v) is 6.47. The maximum atomic E-state index is 3.75. The minimum atomic E-state index is 1.08. The van der Waals surface area contributed by atoms with Crippen LogP contribution < -0.4 is 4.57 Å². The van der Waals surface area contributed by atoms with Gasteiger partial charge in [0.05, 0.1) is 12.7 Å². The Kier molecular flexibility index (Phi) is 5.69. The first-order valence-electron chi connectivity index (χ1n) is 5.68. The molecule has 84 valence electrons. The van der Waals surface area contributed by atoms with Crippen LogP contribution in [0.25, 0.3) is 6.20 Å². The molecule has 0 fully saturated rings. The van der Waals surface area contributed by atoms with Gasteiger partial charge in [-0.3, -0.25) is 0 Å². The first-order chi connectivity index (χ1) is 7.29. The third-order valence-corrected chi connectivity index (χ3v) is 3.42. The fraction of sp³-hybridized carbons (Fsp3) is 0.583. The van der Waals surface area contributed by atoms with E-state index >= 15 is 0 Å². The van der Waals surface area contributed by atoms with Gasteiger partial charge in [0.2, 0.25) is 0 Å². The quantitative estimate of drug-likeness (QED) is 0.529. The molecule has 0 saturated carbocycles. The van der Waals surface area contributed by atoms with Gasteiger partial charge >= 0.3 is 4.73 Å². The lowest BCUT2D eigenvalue weighted by molar-refractivity contribution is -0.580. The van der Waals surface area contributed by atoms with Gasteiger partial charge in [0.1, 0.15) is 12.4 Å². The maximum absolute atomic E-state index is 3.75. The van der Waals surface area contributed by atoms with E-state index in [2.05, 4.69) is 40.2 Å². The Hall–Kier alpha value is -0.570. The van der Waals surface area contributed by atoms with Crippen molar-refractivity contribution in [3.05, 3.63) is 23.7 Å². The van der Waals surface area contributed by atoms with Crippen molar-refractivity contribution >= 4 is 22.1 Å². The van der Waals surface area contributed by atoms with Crippen molar-refractivity contribution in [2.45, 2.75) is 45.6 Å². The average Bonchev–Trinajstić information content (AvgIpc) is 2.60. The monoisotopic (exact) mass is 271 g/mol. The average molecular weight is 272 g/mol. The van der Waals surface area contributed by atoms with Crippen molar-refractivity contribution in [1.82, 2.24) is 4.57 Å². The van der Waals surface area contributed by atoms with E-state index in [1.165, 1.54) is 32.1 Å². The Bertz CT molecular complexity index is 305. The summed E-state index contributed by atoms with van der Waals surface area (Å²) in [7, 11) is 0. The van der Waals surface area contributed by atoms with Crippen LogP contribution in [0.3, 0.4) is 0 Å². The zero-order chi connectivity index (χ0) is 11.1. The minimum Gasteiger partial charge on any atom is -0.224 e. The molecule has 0 aliphatic carbocycles. The standard InChI is InChI=1S/C12H20BrN2/c1-3-5-6-7-8-9-15-11-10-14(4-2)12(15)13/h4,10-11H,2-3,5-9H2,1H3/q+1. The zero-order valence-electron chi connectivity index (χ0n) is 9.45. The Labute approximate surface area is 101 Å². The predicted molar refractivity (Wildman–Crippen MR) is 67.5 cm³/mol. The maximum Gasteiger partial charge on any atom is 0.329 e. The number of hydrogen-bond acceptors (Lipinski definition) is 0. The van der Waals surface area contributed by atoms with Crippen LogP contribution in [0.2, 0.25) is 0 Å². The molecule has 0 spiro atoms. The van der Waals surface area contributed by atoms with Gasteiger partial charge in [-0.05, 0) is 12.8 Å². The second-order valence-corrected chi connectivity index (χ2v) is 4.47. The van der Waals surface area contributed by atoms with Gasteiger partial charge in [-0.25, -0.2) is 4.57 Å². The molecular weight excluding hydrogens is 252 g/mol. The van der Waals surface area contributed by atoms with E-state index in [0.717, 1.165) is 11.3 Å². The van der Waals surface area contributed by atoms with E-state index in [-0.39, 0.29) is 0 Å². The fourth-order valence-electron chi connectivity index (χ4n) is 1.61. The van der Waals surface area contributed by atoms with Crippen molar-refractivity contribution in [2.75, 3.05) is 0 Å². The van der Waals surface area contributed by atoms with Crippen LogP contribution in [0.4, 0.5) is 0 Å². The van der Waals surface area contributed by atoms with E-state index < -0.39 is 0 Å². The van der Waals surface area contributed by atoms with E-state index in [1.54, 1.807) is 6.20 Å². The molecule has 1 rings (SSSR count). The van der Waals surface area contributed by atoms with Crippen LogP contribution in [-0.2, 0) is 6.54 Å². The topological polar surface area (TPSA) is 8.81 Å². The molecule has 15 heavy (non-hydrogen) atoms. The van der Waals surface area contributed by atoms with Gasteiger partial charge in [0.15, 0.2) is 0 Å². The summed E-state index contributed by atoms with van der Waals surface area (Å²) in [4.78, 5) is 0. The zero-order valence-corrected chi connectivity index (χ0v) is 11.0. The molecule has 0 aliphatic rings. The van der Waals surface area contributed by atoms with E-state index in [9.17, 15) is 0 Å². The minimum absolute atomic E-state index is 1.08. The molecule has 0 aromatic carbocycles. The summed E-state index contributed by atoms with van der Waals surface area (Å²) in [6.45, 7) is 7.08. The van der Waals surface area contributed by atoms with E-state index in [4.69, 9.17) is 0 Å². The van der Waals surface area contributed by atoms with Gasteiger partial charge in [-0.15, -0.1) is 0 Å². The van der Waals surface area contributed by atoms with Crippen LogP contribution >= 0.6 is 15.9 Å². The number of aromatic nitrogens is 2. The second-order valence-electron chi connectivity index (χ2n) is 3.76. The number of hydrogen-bond donors (Lipinski definition) is 0. The SMILES string of the molecule is C=C[n+]1ccn(CCCCCCC)c1Br. The largest absolute Gasteiger partial charge is 0.329 e. The number of nitrogens with zero attached hydrogens (tertiary/aromatic N) is 2. The van der Waals surface area contributed by atoms with Crippen molar-refractivity contribution in [1.29, 1.82) is 0 Å². The summed E-state index contributed by atoms with van der Waals surface area (Å²) in [5, 5.41) is 0. The van der Waals surface area contributed by atoms with Crippen LogP contribution in [0.15, 0.2) is 23.7 Å². The molecular formula is C12H20BrN2+. The highest BCUT2D eigenvalue weighted by atomic mass is 79.9. The molecule has 3 heteroatoms. The molecule has 1 aromatic rings.